The number of halogens is 1. The van der Waals surface area contributed by atoms with Crippen molar-refractivity contribution in [1.82, 2.24) is 10.6 Å². The number of hydrogen-bond donors (Lipinski definition) is 2. The Morgan fingerprint density at radius 2 is 1.64 bits per heavy atom. The van der Waals surface area contributed by atoms with Gasteiger partial charge in [-0.25, -0.2) is 0 Å². The number of rotatable bonds is 11. The van der Waals surface area contributed by atoms with Gasteiger partial charge in [-0.1, -0.05) is 33.1 Å². The normalized spacial score (nSPS) is 11.0. The van der Waals surface area contributed by atoms with E-state index in [1.54, 1.807) is 7.05 Å². The molecule has 0 rings (SSSR count). The van der Waals surface area contributed by atoms with Crippen LogP contribution in [0.2, 0.25) is 0 Å². The van der Waals surface area contributed by atoms with E-state index in [4.69, 9.17) is 0 Å². The van der Waals surface area contributed by atoms with E-state index in [0.29, 0.717) is 6.42 Å². The van der Waals surface area contributed by atoms with Gasteiger partial charge in [0, 0.05) is 26.6 Å². The Hall–Kier alpha value is -0.530. The molecule has 6 heteroatoms. The maximum Gasteiger partial charge on any atom is 0.305 e. The molecular weight excluding hydrogens is 393 g/mol. The summed E-state index contributed by atoms with van der Waals surface area (Å²) in [7, 11) is 3.22. The average Bonchev–Trinajstić information content (AvgIpc) is 2.47. The quantitative estimate of drug-likeness (QED) is 0.175. The molecule has 0 saturated heterocycles. The van der Waals surface area contributed by atoms with Gasteiger partial charge in [0.1, 0.15) is 0 Å². The Bertz CT molecular complexity index is 297. The summed E-state index contributed by atoms with van der Waals surface area (Å²) in [6.45, 7) is 6.36. The van der Waals surface area contributed by atoms with Crippen LogP contribution >= 0.6 is 24.0 Å². The van der Waals surface area contributed by atoms with Crippen molar-refractivity contribution in [2.45, 2.75) is 58.8 Å². The Morgan fingerprint density at radius 1 is 1.05 bits per heavy atom. The second kappa shape index (κ2) is 16.8. The van der Waals surface area contributed by atoms with Gasteiger partial charge in [-0.2, -0.15) is 0 Å². The van der Waals surface area contributed by atoms with Crippen LogP contribution in [0.15, 0.2) is 4.99 Å². The van der Waals surface area contributed by atoms with Crippen LogP contribution in [0, 0.1) is 5.92 Å². The van der Waals surface area contributed by atoms with Gasteiger partial charge in [-0.3, -0.25) is 9.79 Å². The van der Waals surface area contributed by atoms with E-state index in [1.165, 1.54) is 26.4 Å². The molecule has 0 aliphatic carbocycles. The molecule has 0 spiro atoms. The van der Waals surface area contributed by atoms with Crippen LogP contribution in [0.4, 0.5) is 0 Å². The predicted molar refractivity (Wildman–Crippen MR) is 104 cm³/mol. The summed E-state index contributed by atoms with van der Waals surface area (Å²) in [6, 6.07) is 0. The molecule has 2 N–H and O–H groups in total. The zero-order chi connectivity index (χ0) is 15.9. The van der Waals surface area contributed by atoms with E-state index in [0.717, 1.165) is 44.2 Å². The summed E-state index contributed by atoms with van der Waals surface area (Å²) >= 11 is 0. The Kier molecular flexibility index (Phi) is 18.2. The van der Waals surface area contributed by atoms with E-state index < -0.39 is 0 Å². The molecule has 0 amide bonds. The van der Waals surface area contributed by atoms with Crippen LogP contribution < -0.4 is 10.6 Å². The Balaban J connectivity index is 0. The molecule has 0 aliphatic heterocycles. The number of methoxy groups -OCH3 is 1. The van der Waals surface area contributed by atoms with Crippen molar-refractivity contribution >= 4 is 35.9 Å². The number of aliphatic imine (C=N–C) groups is 1. The van der Waals surface area contributed by atoms with Crippen LogP contribution in [0.25, 0.3) is 0 Å². The van der Waals surface area contributed by atoms with E-state index in [-0.39, 0.29) is 29.9 Å². The second-order valence-electron chi connectivity index (χ2n) is 5.70. The topological polar surface area (TPSA) is 62.7 Å². The van der Waals surface area contributed by atoms with Gasteiger partial charge >= 0.3 is 5.97 Å². The van der Waals surface area contributed by atoms with Crippen molar-refractivity contribution < 1.29 is 9.53 Å². The summed E-state index contributed by atoms with van der Waals surface area (Å²) in [5, 5.41) is 6.62. The Morgan fingerprint density at radius 3 is 2.14 bits per heavy atom. The van der Waals surface area contributed by atoms with Gasteiger partial charge in [0.05, 0.1) is 7.11 Å². The molecule has 0 aromatic rings. The first-order chi connectivity index (χ1) is 10.1. The van der Waals surface area contributed by atoms with Gasteiger partial charge in [0.15, 0.2) is 5.96 Å². The minimum absolute atomic E-state index is 0. The molecule has 0 aromatic carbocycles. The highest BCUT2D eigenvalue weighted by Crippen LogP contribution is 2.05. The van der Waals surface area contributed by atoms with Gasteiger partial charge < -0.3 is 15.4 Å². The molecular formula is C16H34IN3O2. The molecule has 0 fully saturated rings. The fourth-order valence-corrected chi connectivity index (χ4v) is 1.98. The maximum atomic E-state index is 10.9. The molecule has 0 radical (unpaired) electrons. The lowest BCUT2D eigenvalue weighted by Gasteiger charge is -2.12. The van der Waals surface area contributed by atoms with E-state index in [9.17, 15) is 4.79 Å². The first-order valence-electron chi connectivity index (χ1n) is 8.11. The number of esters is 1. The van der Waals surface area contributed by atoms with Crippen molar-refractivity contribution in [3.05, 3.63) is 0 Å². The molecule has 0 unspecified atom stereocenters. The number of ether oxygens (including phenoxy) is 1. The third-order valence-corrected chi connectivity index (χ3v) is 3.30. The van der Waals surface area contributed by atoms with E-state index in [2.05, 4.69) is 34.2 Å². The molecule has 132 valence electrons. The fraction of sp³-hybridized carbons (Fsp3) is 0.875. The van der Waals surface area contributed by atoms with Crippen LogP contribution in [-0.2, 0) is 9.53 Å². The predicted octanol–water partition coefficient (Wildman–Crippen LogP) is 3.33. The lowest BCUT2D eigenvalue weighted by atomic mass is 10.1. The first kappa shape index (κ1) is 23.7. The number of nitrogens with zero attached hydrogens (tertiary/aromatic N) is 1. The molecule has 0 atom stereocenters. The van der Waals surface area contributed by atoms with E-state index in [1.807, 2.05) is 0 Å². The second-order valence-corrected chi connectivity index (χ2v) is 5.70. The maximum absolute atomic E-state index is 10.9. The molecule has 0 aromatic heterocycles. The van der Waals surface area contributed by atoms with Crippen molar-refractivity contribution in [3.63, 3.8) is 0 Å². The summed E-state index contributed by atoms with van der Waals surface area (Å²) in [5.41, 5.74) is 0. The SMILES string of the molecule is CN=C(NCCCCCC(=O)OC)NCCCCC(C)C.I. The van der Waals surface area contributed by atoms with Crippen LogP contribution in [0.3, 0.4) is 0 Å². The largest absolute Gasteiger partial charge is 0.469 e. The van der Waals surface area contributed by atoms with E-state index >= 15 is 0 Å². The van der Waals surface area contributed by atoms with Gasteiger partial charge in [-0.05, 0) is 25.2 Å². The summed E-state index contributed by atoms with van der Waals surface area (Å²) < 4.78 is 4.61. The highest BCUT2D eigenvalue weighted by molar-refractivity contribution is 14.0. The smallest absolute Gasteiger partial charge is 0.305 e. The van der Waals surface area contributed by atoms with Crippen molar-refractivity contribution in [2.24, 2.45) is 10.9 Å². The fourth-order valence-electron chi connectivity index (χ4n) is 1.98. The Labute approximate surface area is 153 Å². The van der Waals surface area contributed by atoms with Crippen LogP contribution in [0.5, 0.6) is 0 Å². The van der Waals surface area contributed by atoms with Crippen molar-refractivity contribution in [3.8, 4) is 0 Å². The third-order valence-electron chi connectivity index (χ3n) is 3.30. The van der Waals surface area contributed by atoms with Crippen LogP contribution in [-0.4, -0.2) is 39.2 Å². The minimum atomic E-state index is -0.123. The first-order valence-corrected chi connectivity index (χ1v) is 8.11. The molecule has 5 nitrogen and oxygen atoms in total. The number of hydrogen-bond acceptors (Lipinski definition) is 3. The standard InChI is InChI=1S/C16H33N3O2.HI/c1-14(2)10-7-9-13-19-16(17-3)18-12-8-5-6-11-15(20)21-4;/h14H,5-13H2,1-4H3,(H2,17,18,19);1H. The minimum Gasteiger partial charge on any atom is -0.469 e. The molecule has 0 heterocycles. The molecule has 0 bridgehead atoms. The summed E-state index contributed by atoms with van der Waals surface area (Å²) in [4.78, 5) is 15.1. The summed E-state index contributed by atoms with van der Waals surface area (Å²) in [5.74, 6) is 1.53. The molecule has 0 aliphatic rings. The number of guanidine groups is 1. The number of unbranched alkanes of at least 4 members (excludes halogenated alkanes) is 3. The summed E-state index contributed by atoms with van der Waals surface area (Å²) in [6.07, 6.45) is 7.18. The van der Waals surface area contributed by atoms with Gasteiger partial charge in [0.25, 0.3) is 0 Å². The van der Waals surface area contributed by atoms with Crippen molar-refractivity contribution in [1.29, 1.82) is 0 Å². The third kappa shape index (κ3) is 15.9. The van der Waals surface area contributed by atoms with Crippen molar-refractivity contribution in [2.75, 3.05) is 27.2 Å². The molecule has 22 heavy (non-hydrogen) atoms. The lowest BCUT2D eigenvalue weighted by molar-refractivity contribution is -0.140. The monoisotopic (exact) mass is 427 g/mol. The number of carbonyl (C=O) groups excluding carboxylic acids is 1. The van der Waals surface area contributed by atoms with Gasteiger partial charge in [0.2, 0.25) is 0 Å². The van der Waals surface area contributed by atoms with Crippen LogP contribution in [0.1, 0.15) is 58.8 Å². The molecule has 0 saturated carbocycles. The number of carbonyl (C=O) groups is 1. The highest BCUT2D eigenvalue weighted by Gasteiger charge is 2.00. The zero-order valence-corrected chi connectivity index (χ0v) is 16.9. The zero-order valence-electron chi connectivity index (χ0n) is 14.6. The number of nitrogens with one attached hydrogen (secondary N) is 2. The van der Waals surface area contributed by atoms with Gasteiger partial charge in [-0.15, -0.1) is 24.0 Å². The average molecular weight is 427 g/mol. The lowest BCUT2D eigenvalue weighted by Crippen LogP contribution is -2.38. The highest BCUT2D eigenvalue weighted by atomic mass is 127.